The summed E-state index contributed by atoms with van der Waals surface area (Å²) in [7, 11) is 0. The summed E-state index contributed by atoms with van der Waals surface area (Å²) in [5, 5.41) is 0. The number of ether oxygens (including phenoxy) is 2. The molecule has 2 heterocycles. The third-order valence-electron chi connectivity index (χ3n) is 2.86. The molecule has 2 rings (SSSR count). The maximum atomic E-state index is 13.1. The molecule has 0 aliphatic carbocycles. The van der Waals surface area contributed by atoms with Crippen LogP contribution in [0.4, 0.5) is 19.0 Å². The lowest BCUT2D eigenvalue weighted by atomic mass is 10.2. The molecule has 1 aromatic rings. The van der Waals surface area contributed by atoms with Crippen LogP contribution in [-0.4, -0.2) is 42.6 Å². The Labute approximate surface area is 121 Å². The number of halogens is 3. The second-order valence-electron chi connectivity index (χ2n) is 5.80. The average molecular weight is 303 g/mol. The van der Waals surface area contributed by atoms with E-state index in [0.29, 0.717) is 0 Å². The van der Waals surface area contributed by atoms with Crippen LogP contribution in [0, 0.1) is 6.07 Å². The van der Waals surface area contributed by atoms with Crippen LogP contribution in [0.3, 0.4) is 0 Å². The van der Waals surface area contributed by atoms with Crippen LogP contribution in [0.1, 0.15) is 20.8 Å². The zero-order valence-corrected chi connectivity index (χ0v) is 12.2. The van der Waals surface area contributed by atoms with Gasteiger partial charge in [0.05, 0.1) is 13.2 Å². The molecule has 4 nitrogen and oxygen atoms in total. The molecule has 0 saturated carbocycles. The third-order valence-corrected chi connectivity index (χ3v) is 2.86. The lowest BCUT2D eigenvalue weighted by molar-refractivity contribution is -0.167. The lowest BCUT2D eigenvalue weighted by Gasteiger charge is -2.37. The van der Waals surface area contributed by atoms with Crippen molar-refractivity contribution in [3.8, 4) is 5.88 Å². The standard InChI is InChI=1S/C14H18F3N2O2/c1-13(2,3)21-12-6-4-5-11(18-12)19-7-8-20-9-10(19)14(15,16)17/h5-6,10H,7-9H2,1-3H3. The van der Waals surface area contributed by atoms with Crippen molar-refractivity contribution in [2.24, 2.45) is 0 Å². The van der Waals surface area contributed by atoms with Crippen molar-refractivity contribution in [3.05, 3.63) is 18.2 Å². The van der Waals surface area contributed by atoms with Crippen molar-refractivity contribution >= 4 is 5.82 Å². The van der Waals surface area contributed by atoms with Gasteiger partial charge in [-0.15, -0.1) is 0 Å². The zero-order chi connectivity index (χ0) is 15.7. The van der Waals surface area contributed by atoms with Gasteiger partial charge in [0.15, 0.2) is 0 Å². The van der Waals surface area contributed by atoms with Crippen LogP contribution < -0.4 is 9.64 Å². The van der Waals surface area contributed by atoms with Crippen LogP contribution in [0.2, 0.25) is 0 Å². The van der Waals surface area contributed by atoms with E-state index >= 15 is 0 Å². The summed E-state index contributed by atoms with van der Waals surface area (Å²) in [5.41, 5.74) is -0.478. The fraction of sp³-hybridized carbons (Fsp3) is 0.643. The first-order valence-electron chi connectivity index (χ1n) is 6.65. The molecular weight excluding hydrogens is 285 g/mol. The quantitative estimate of drug-likeness (QED) is 0.841. The summed E-state index contributed by atoms with van der Waals surface area (Å²) in [5.74, 6) is 0.454. The Morgan fingerprint density at radius 1 is 1.33 bits per heavy atom. The van der Waals surface area contributed by atoms with Crippen LogP contribution in [0.5, 0.6) is 5.88 Å². The largest absolute Gasteiger partial charge is 0.472 e. The van der Waals surface area contributed by atoms with Gasteiger partial charge in [-0.25, -0.2) is 0 Å². The molecule has 1 aromatic heterocycles. The average Bonchev–Trinajstić information content (AvgIpc) is 2.36. The smallest absolute Gasteiger partial charge is 0.411 e. The normalized spacial score (nSPS) is 20.5. The Morgan fingerprint density at radius 3 is 2.67 bits per heavy atom. The number of pyridine rings is 1. The Balaban J connectivity index is 2.25. The van der Waals surface area contributed by atoms with E-state index in [0.717, 1.165) is 0 Å². The van der Waals surface area contributed by atoms with E-state index in [4.69, 9.17) is 9.47 Å². The molecule has 1 saturated heterocycles. The number of hydrogen-bond acceptors (Lipinski definition) is 4. The minimum absolute atomic E-state index is 0.129. The first-order valence-corrected chi connectivity index (χ1v) is 6.65. The predicted molar refractivity (Wildman–Crippen MR) is 71.5 cm³/mol. The number of anilines is 1. The van der Waals surface area contributed by atoms with E-state index in [9.17, 15) is 13.2 Å². The summed E-state index contributed by atoms with van der Waals surface area (Å²) < 4.78 is 49.7. The monoisotopic (exact) mass is 303 g/mol. The molecule has 0 spiro atoms. The first-order chi connectivity index (χ1) is 9.67. The van der Waals surface area contributed by atoms with Gasteiger partial charge in [-0.2, -0.15) is 18.2 Å². The van der Waals surface area contributed by atoms with Crippen molar-refractivity contribution in [2.45, 2.75) is 38.6 Å². The molecule has 0 N–H and O–H groups in total. The predicted octanol–water partition coefficient (Wildman–Crippen LogP) is 2.83. The van der Waals surface area contributed by atoms with Gasteiger partial charge in [-0.05, 0) is 32.9 Å². The van der Waals surface area contributed by atoms with E-state index in [1.807, 2.05) is 20.8 Å². The number of aromatic nitrogens is 1. The third kappa shape index (κ3) is 4.23. The summed E-state index contributed by atoms with van der Waals surface area (Å²) in [4.78, 5) is 5.35. The molecule has 21 heavy (non-hydrogen) atoms. The summed E-state index contributed by atoms with van der Waals surface area (Å²) in [6, 6.07) is 4.03. The number of hydrogen-bond donors (Lipinski definition) is 0. The van der Waals surface area contributed by atoms with Crippen molar-refractivity contribution in [2.75, 3.05) is 24.7 Å². The molecule has 1 unspecified atom stereocenters. The highest BCUT2D eigenvalue weighted by molar-refractivity contribution is 5.42. The second-order valence-corrected chi connectivity index (χ2v) is 5.80. The topological polar surface area (TPSA) is 34.6 Å². The van der Waals surface area contributed by atoms with Crippen molar-refractivity contribution < 1.29 is 22.6 Å². The minimum Gasteiger partial charge on any atom is -0.472 e. The fourth-order valence-electron chi connectivity index (χ4n) is 2.03. The Hall–Kier alpha value is -1.50. The highest BCUT2D eigenvalue weighted by Crippen LogP contribution is 2.31. The molecule has 1 radical (unpaired) electrons. The van der Waals surface area contributed by atoms with Gasteiger partial charge in [0.2, 0.25) is 5.88 Å². The molecule has 1 aliphatic heterocycles. The Kier molecular flexibility index (Phi) is 4.32. The van der Waals surface area contributed by atoms with Gasteiger partial charge in [-0.1, -0.05) is 0 Å². The van der Waals surface area contributed by atoms with Gasteiger partial charge in [0.1, 0.15) is 17.5 Å². The van der Waals surface area contributed by atoms with E-state index < -0.39 is 24.4 Å². The van der Waals surface area contributed by atoms with Gasteiger partial charge < -0.3 is 14.4 Å². The van der Waals surface area contributed by atoms with Crippen LogP contribution in [-0.2, 0) is 4.74 Å². The molecule has 1 fully saturated rings. The zero-order valence-electron chi connectivity index (χ0n) is 12.2. The number of nitrogens with zero attached hydrogens (tertiary/aromatic N) is 2. The van der Waals surface area contributed by atoms with Gasteiger partial charge in [-0.3, -0.25) is 0 Å². The molecule has 1 aliphatic rings. The molecule has 0 aromatic carbocycles. The number of morpholine rings is 1. The Morgan fingerprint density at radius 2 is 2.05 bits per heavy atom. The summed E-state index contributed by atoms with van der Waals surface area (Å²) >= 11 is 0. The van der Waals surface area contributed by atoms with E-state index in [2.05, 4.69) is 11.1 Å². The van der Waals surface area contributed by atoms with Gasteiger partial charge in [0, 0.05) is 12.6 Å². The van der Waals surface area contributed by atoms with Crippen molar-refractivity contribution in [1.29, 1.82) is 0 Å². The highest BCUT2D eigenvalue weighted by atomic mass is 19.4. The fourth-order valence-corrected chi connectivity index (χ4v) is 2.03. The highest BCUT2D eigenvalue weighted by Gasteiger charge is 2.45. The molecule has 7 heteroatoms. The van der Waals surface area contributed by atoms with E-state index in [1.54, 1.807) is 0 Å². The minimum atomic E-state index is -4.37. The van der Waals surface area contributed by atoms with Gasteiger partial charge in [0.25, 0.3) is 0 Å². The van der Waals surface area contributed by atoms with Crippen molar-refractivity contribution in [1.82, 2.24) is 4.98 Å². The van der Waals surface area contributed by atoms with Crippen LogP contribution in [0.25, 0.3) is 0 Å². The van der Waals surface area contributed by atoms with Gasteiger partial charge >= 0.3 is 6.18 Å². The maximum Gasteiger partial charge on any atom is 0.411 e. The molecule has 0 bridgehead atoms. The maximum absolute atomic E-state index is 13.1. The Bertz CT molecular complexity index is 486. The van der Waals surface area contributed by atoms with E-state index in [1.165, 1.54) is 17.0 Å². The van der Waals surface area contributed by atoms with Crippen molar-refractivity contribution in [3.63, 3.8) is 0 Å². The molecular formula is C14H18F3N2O2. The summed E-state index contributed by atoms with van der Waals surface area (Å²) in [6.45, 7) is 5.50. The second kappa shape index (κ2) is 5.71. The van der Waals surface area contributed by atoms with Crippen LogP contribution >= 0.6 is 0 Å². The SMILES string of the molecule is CC(C)(C)Oc1c[c]cc(N2CCOCC2C(F)(F)F)n1. The first kappa shape index (κ1) is 15.9. The number of rotatable bonds is 2. The lowest BCUT2D eigenvalue weighted by Crippen LogP contribution is -2.53. The summed E-state index contributed by atoms with van der Waals surface area (Å²) in [6.07, 6.45) is -4.37. The van der Waals surface area contributed by atoms with Crippen LogP contribution in [0.15, 0.2) is 12.1 Å². The molecule has 0 amide bonds. The number of alkyl halides is 3. The van der Waals surface area contributed by atoms with E-state index in [-0.39, 0.29) is 24.8 Å². The molecule has 117 valence electrons. The molecule has 1 atom stereocenters.